The van der Waals surface area contributed by atoms with Crippen molar-refractivity contribution in [3.63, 3.8) is 0 Å². The van der Waals surface area contributed by atoms with Crippen LogP contribution in [0.15, 0.2) is 59.0 Å². The lowest BCUT2D eigenvalue weighted by Crippen LogP contribution is -1.99. The SMILES string of the molecule is Cc1nn(-c2ccccc2)c(Sc2cnccn2)c1CO. The predicted octanol–water partition coefficient (Wildman–Crippen LogP) is 2.61. The number of aryl methyl sites for hydroxylation is 1. The number of aliphatic hydroxyl groups excluding tert-OH is 1. The maximum Gasteiger partial charge on any atom is 0.121 e. The van der Waals surface area contributed by atoms with Crippen LogP contribution >= 0.6 is 11.8 Å². The largest absolute Gasteiger partial charge is 0.392 e. The molecule has 1 N–H and O–H groups in total. The third-order valence-electron chi connectivity index (χ3n) is 3.04. The number of nitrogens with zero attached hydrogens (tertiary/aromatic N) is 4. The standard InChI is InChI=1S/C15H14N4OS/c1-11-13(10-20)15(21-14-9-16-7-8-17-14)19(18-11)12-5-3-2-4-6-12/h2-9,20H,10H2,1H3. The first-order valence-electron chi connectivity index (χ1n) is 6.48. The topological polar surface area (TPSA) is 63.8 Å². The van der Waals surface area contributed by atoms with E-state index in [9.17, 15) is 5.11 Å². The zero-order chi connectivity index (χ0) is 14.7. The Bertz CT molecular complexity index is 728. The molecular weight excluding hydrogens is 284 g/mol. The Morgan fingerprint density at radius 1 is 1.19 bits per heavy atom. The summed E-state index contributed by atoms with van der Waals surface area (Å²) in [7, 11) is 0. The number of rotatable bonds is 4. The van der Waals surface area contributed by atoms with Crippen molar-refractivity contribution in [3.05, 3.63) is 60.2 Å². The fourth-order valence-electron chi connectivity index (χ4n) is 2.01. The van der Waals surface area contributed by atoms with Crippen LogP contribution in [0.2, 0.25) is 0 Å². The molecule has 0 aliphatic rings. The molecule has 2 heterocycles. The highest BCUT2D eigenvalue weighted by Crippen LogP contribution is 2.32. The van der Waals surface area contributed by atoms with Crippen molar-refractivity contribution >= 4 is 11.8 Å². The molecule has 0 aliphatic carbocycles. The molecule has 21 heavy (non-hydrogen) atoms. The Kier molecular flexibility index (Phi) is 3.98. The average Bonchev–Trinajstić information content (AvgIpc) is 2.85. The van der Waals surface area contributed by atoms with Crippen LogP contribution in [0.1, 0.15) is 11.3 Å². The van der Waals surface area contributed by atoms with Crippen molar-refractivity contribution in [1.29, 1.82) is 0 Å². The Morgan fingerprint density at radius 3 is 2.67 bits per heavy atom. The summed E-state index contributed by atoms with van der Waals surface area (Å²) in [5, 5.41) is 15.8. The molecule has 0 saturated carbocycles. The molecule has 106 valence electrons. The molecule has 0 fully saturated rings. The number of para-hydroxylation sites is 1. The summed E-state index contributed by atoms with van der Waals surface area (Å²) in [6, 6.07) is 9.84. The Labute approximate surface area is 126 Å². The lowest BCUT2D eigenvalue weighted by molar-refractivity contribution is 0.278. The Balaban J connectivity index is 2.09. The first-order chi connectivity index (χ1) is 10.3. The van der Waals surface area contributed by atoms with Crippen LogP contribution in [0.3, 0.4) is 0 Å². The summed E-state index contributed by atoms with van der Waals surface area (Å²) in [6.07, 6.45) is 4.98. The molecule has 0 amide bonds. The number of hydrogen-bond acceptors (Lipinski definition) is 5. The highest BCUT2D eigenvalue weighted by atomic mass is 32.2. The summed E-state index contributed by atoms with van der Waals surface area (Å²) in [4.78, 5) is 8.34. The maximum absolute atomic E-state index is 9.63. The molecule has 3 rings (SSSR count). The summed E-state index contributed by atoms with van der Waals surface area (Å²) in [5.41, 5.74) is 2.58. The Hall–Kier alpha value is -2.18. The van der Waals surface area contributed by atoms with Crippen molar-refractivity contribution in [3.8, 4) is 5.69 Å². The van der Waals surface area contributed by atoms with Gasteiger partial charge >= 0.3 is 0 Å². The molecular formula is C15H14N4OS. The van der Waals surface area contributed by atoms with Crippen LogP contribution in [0.25, 0.3) is 5.69 Å². The summed E-state index contributed by atoms with van der Waals surface area (Å²) in [6.45, 7) is 1.84. The van der Waals surface area contributed by atoms with Gasteiger partial charge in [0.15, 0.2) is 0 Å². The molecule has 0 aliphatic heterocycles. The van der Waals surface area contributed by atoms with E-state index in [0.29, 0.717) is 0 Å². The van der Waals surface area contributed by atoms with Gasteiger partial charge in [0.25, 0.3) is 0 Å². The number of aromatic nitrogens is 4. The molecule has 0 atom stereocenters. The highest BCUT2D eigenvalue weighted by Gasteiger charge is 2.17. The smallest absolute Gasteiger partial charge is 0.121 e. The van der Waals surface area contributed by atoms with E-state index in [1.165, 1.54) is 11.8 Å². The van der Waals surface area contributed by atoms with Crippen molar-refractivity contribution in [2.45, 2.75) is 23.6 Å². The van der Waals surface area contributed by atoms with Crippen LogP contribution in [0.5, 0.6) is 0 Å². The van der Waals surface area contributed by atoms with Gasteiger partial charge in [-0.15, -0.1) is 0 Å². The number of aliphatic hydroxyl groups is 1. The van der Waals surface area contributed by atoms with E-state index < -0.39 is 0 Å². The summed E-state index contributed by atoms with van der Waals surface area (Å²) < 4.78 is 1.83. The first kappa shape index (κ1) is 13.8. The van der Waals surface area contributed by atoms with Gasteiger partial charge in [-0.1, -0.05) is 18.2 Å². The maximum atomic E-state index is 9.63. The quantitative estimate of drug-likeness (QED) is 0.802. The van der Waals surface area contributed by atoms with Gasteiger partial charge in [-0.2, -0.15) is 5.10 Å². The highest BCUT2D eigenvalue weighted by molar-refractivity contribution is 7.99. The molecule has 0 radical (unpaired) electrons. The summed E-state index contributed by atoms with van der Waals surface area (Å²) in [5.74, 6) is 0. The van der Waals surface area contributed by atoms with E-state index in [1.807, 2.05) is 41.9 Å². The van der Waals surface area contributed by atoms with Crippen molar-refractivity contribution in [1.82, 2.24) is 19.7 Å². The Morgan fingerprint density at radius 2 is 2.00 bits per heavy atom. The lowest BCUT2D eigenvalue weighted by Gasteiger charge is -2.07. The molecule has 6 heteroatoms. The third kappa shape index (κ3) is 2.81. The van der Waals surface area contributed by atoms with Crippen LogP contribution in [-0.4, -0.2) is 24.9 Å². The van der Waals surface area contributed by atoms with Gasteiger partial charge in [-0.25, -0.2) is 9.67 Å². The summed E-state index contributed by atoms with van der Waals surface area (Å²) >= 11 is 1.45. The van der Waals surface area contributed by atoms with Gasteiger partial charge in [0.05, 0.1) is 24.2 Å². The predicted molar refractivity (Wildman–Crippen MR) is 80.4 cm³/mol. The van der Waals surface area contributed by atoms with Gasteiger partial charge in [-0.05, 0) is 30.8 Å². The molecule has 0 unspecified atom stereocenters. The van der Waals surface area contributed by atoms with Gasteiger partial charge < -0.3 is 5.11 Å². The van der Waals surface area contributed by atoms with Crippen LogP contribution in [0, 0.1) is 6.92 Å². The van der Waals surface area contributed by atoms with Crippen LogP contribution < -0.4 is 0 Å². The average molecular weight is 298 g/mol. The van der Waals surface area contributed by atoms with E-state index in [-0.39, 0.29) is 6.61 Å². The third-order valence-corrected chi connectivity index (χ3v) is 4.07. The minimum Gasteiger partial charge on any atom is -0.392 e. The van der Waals surface area contributed by atoms with Crippen molar-refractivity contribution in [2.75, 3.05) is 0 Å². The van der Waals surface area contributed by atoms with E-state index >= 15 is 0 Å². The molecule has 0 saturated heterocycles. The lowest BCUT2D eigenvalue weighted by atomic mass is 10.3. The minimum absolute atomic E-state index is 0.0543. The van der Waals surface area contributed by atoms with Gasteiger partial charge in [0, 0.05) is 18.0 Å². The van der Waals surface area contributed by atoms with E-state index in [1.54, 1.807) is 18.6 Å². The van der Waals surface area contributed by atoms with Gasteiger partial charge in [-0.3, -0.25) is 4.98 Å². The molecule has 2 aromatic heterocycles. The van der Waals surface area contributed by atoms with E-state index in [2.05, 4.69) is 15.1 Å². The fourth-order valence-corrected chi connectivity index (χ4v) is 3.00. The molecule has 0 bridgehead atoms. The monoisotopic (exact) mass is 298 g/mol. The zero-order valence-corrected chi connectivity index (χ0v) is 12.3. The zero-order valence-electron chi connectivity index (χ0n) is 11.5. The minimum atomic E-state index is -0.0543. The van der Waals surface area contributed by atoms with Gasteiger partial charge in [0.1, 0.15) is 10.1 Å². The number of benzene rings is 1. The van der Waals surface area contributed by atoms with Crippen molar-refractivity contribution in [2.24, 2.45) is 0 Å². The van der Waals surface area contributed by atoms with Gasteiger partial charge in [0.2, 0.25) is 0 Å². The molecule has 1 aromatic carbocycles. The second-order valence-corrected chi connectivity index (χ2v) is 5.43. The fraction of sp³-hybridized carbons (Fsp3) is 0.133. The second kappa shape index (κ2) is 6.07. The van der Waals surface area contributed by atoms with E-state index in [4.69, 9.17) is 0 Å². The van der Waals surface area contributed by atoms with Crippen LogP contribution in [0.4, 0.5) is 0 Å². The molecule has 5 nitrogen and oxygen atoms in total. The second-order valence-electron chi connectivity index (χ2n) is 4.42. The molecule has 3 aromatic rings. The van der Waals surface area contributed by atoms with Crippen LogP contribution in [-0.2, 0) is 6.61 Å². The van der Waals surface area contributed by atoms with E-state index in [0.717, 1.165) is 27.0 Å². The first-order valence-corrected chi connectivity index (χ1v) is 7.30. The normalized spacial score (nSPS) is 10.8. The van der Waals surface area contributed by atoms with Crippen molar-refractivity contribution < 1.29 is 5.11 Å². The number of hydrogen-bond donors (Lipinski definition) is 1. The molecule has 0 spiro atoms.